The number of fused-ring (bicyclic) bond motifs is 3. The van der Waals surface area contributed by atoms with Gasteiger partial charge in [-0.25, -0.2) is 4.98 Å². The summed E-state index contributed by atoms with van der Waals surface area (Å²) in [4.78, 5) is 18.2. The van der Waals surface area contributed by atoms with Crippen LogP contribution in [-0.4, -0.2) is 9.97 Å². The van der Waals surface area contributed by atoms with Crippen molar-refractivity contribution in [2.45, 2.75) is 0 Å². The van der Waals surface area contributed by atoms with Gasteiger partial charge in [-0.3, -0.25) is 4.79 Å². The van der Waals surface area contributed by atoms with Gasteiger partial charge in [0.2, 0.25) is 0 Å². The summed E-state index contributed by atoms with van der Waals surface area (Å²) in [6.45, 7) is 0. The number of aromatic nitrogens is 2. The van der Waals surface area contributed by atoms with E-state index in [1.165, 1.54) is 6.26 Å². The lowest BCUT2D eigenvalue weighted by molar-refractivity contribution is 0.619. The van der Waals surface area contributed by atoms with Gasteiger partial charge < -0.3 is 9.40 Å². The van der Waals surface area contributed by atoms with E-state index in [2.05, 4.69) is 9.97 Å². The van der Waals surface area contributed by atoms with Crippen LogP contribution in [-0.2, 0) is 0 Å². The fraction of sp³-hybridized carbons (Fsp3) is 0. The van der Waals surface area contributed by atoms with E-state index in [9.17, 15) is 4.79 Å². The number of H-pyrrole nitrogens is 1. The second-order valence-electron chi connectivity index (χ2n) is 3.02. The molecule has 3 heterocycles. The zero-order valence-electron chi connectivity index (χ0n) is 7.15. The summed E-state index contributed by atoms with van der Waals surface area (Å²) in [7, 11) is 0. The Kier molecular flexibility index (Phi) is 1.28. The van der Waals surface area contributed by atoms with E-state index in [0.29, 0.717) is 16.6 Å². The number of hydrogen-bond acceptors (Lipinski definition) is 3. The van der Waals surface area contributed by atoms with Gasteiger partial charge in [0, 0.05) is 6.20 Å². The highest BCUT2D eigenvalue weighted by Crippen LogP contribution is 2.19. The van der Waals surface area contributed by atoms with Crippen molar-refractivity contribution in [2.24, 2.45) is 0 Å². The highest BCUT2D eigenvalue weighted by molar-refractivity contribution is 5.99. The molecule has 0 aliphatic rings. The monoisotopic (exact) mass is 186 g/mol. The predicted octanol–water partition coefficient (Wildman–Crippen LogP) is 1.67. The molecule has 0 bridgehead atoms. The number of hydrogen-bond donors (Lipinski definition) is 1. The normalized spacial score (nSPS) is 11.1. The highest BCUT2D eigenvalue weighted by Gasteiger charge is 2.07. The molecule has 0 aliphatic carbocycles. The molecule has 68 valence electrons. The van der Waals surface area contributed by atoms with Crippen LogP contribution in [0.25, 0.3) is 22.0 Å². The third-order valence-corrected chi connectivity index (χ3v) is 2.19. The van der Waals surface area contributed by atoms with Gasteiger partial charge in [-0.05, 0) is 18.2 Å². The minimum atomic E-state index is -0.167. The maximum Gasteiger partial charge on any atom is 0.260 e. The maximum atomic E-state index is 11.5. The smallest absolute Gasteiger partial charge is 0.260 e. The minimum Gasteiger partial charge on any atom is -0.463 e. The molecule has 0 saturated carbocycles. The molecule has 0 amide bonds. The van der Waals surface area contributed by atoms with Crippen LogP contribution in [0.3, 0.4) is 0 Å². The van der Waals surface area contributed by atoms with Crippen LogP contribution in [0, 0.1) is 0 Å². The molecule has 0 unspecified atom stereocenters. The Morgan fingerprint density at radius 1 is 1.29 bits per heavy atom. The lowest BCUT2D eigenvalue weighted by Gasteiger charge is -1.95. The van der Waals surface area contributed by atoms with Crippen molar-refractivity contribution in [1.29, 1.82) is 0 Å². The first-order chi connectivity index (χ1) is 6.86. The Balaban J connectivity index is 2.73. The molecular weight excluding hydrogens is 180 g/mol. The summed E-state index contributed by atoms with van der Waals surface area (Å²) in [5, 5.41) is 1.39. The van der Waals surface area contributed by atoms with E-state index >= 15 is 0 Å². The van der Waals surface area contributed by atoms with Crippen LogP contribution in [0.4, 0.5) is 0 Å². The van der Waals surface area contributed by atoms with E-state index in [-0.39, 0.29) is 5.56 Å². The van der Waals surface area contributed by atoms with Crippen molar-refractivity contribution < 1.29 is 4.42 Å². The molecule has 14 heavy (non-hydrogen) atoms. The van der Waals surface area contributed by atoms with Gasteiger partial charge in [0.1, 0.15) is 11.2 Å². The second kappa shape index (κ2) is 2.45. The number of aromatic amines is 1. The summed E-state index contributed by atoms with van der Waals surface area (Å²) < 4.78 is 5.25. The molecule has 1 N–H and O–H groups in total. The van der Waals surface area contributed by atoms with Crippen molar-refractivity contribution in [2.75, 3.05) is 0 Å². The van der Waals surface area contributed by atoms with Crippen LogP contribution in [0.5, 0.6) is 0 Å². The van der Waals surface area contributed by atoms with E-state index in [1.807, 2.05) is 12.1 Å². The number of nitrogens with zero attached hydrogens (tertiary/aromatic N) is 1. The lowest BCUT2D eigenvalue weighted by atomic mass is 10.2. The summed E-state index contributed by atoms with van der Waals surface area (Å²) in [5.74, 6) is 0. The first-order valence-corrected chi connectivity index (χ1v) is 4.20. The molecule has 3 rings (SSSR count). The summed E-state index contributed by atoms with van der Waals surface area (Å²) in [6, 6.07) is 5.33. The van der Waals surface area contributed by atoms with E-state index in [0.717, 1.165) is 5.39 Å². The van der Waals surface area contributed by atoms with Crippen LogP contribution in [0.1, 0.15) is 0 Å². The minimum absolute atomic E-state index is 0.167. The largest absolute Gasteiger partial charge is 0.463 e. The zero-order valence-corrected chi connectivity index (χ0v) is 7.15. The van der Waals surface area contributed by atoms with Crippen molar-refractivity contribution in [1.82, 2.24) is 9.97 Å². The van der Waals surface area contributed by atoms with Gasteiger partial charge in [-0.15, -0.1) is 0 Å². The zero-order chi connectivity index (χ0) is 9.54. The van der Waals surface area contributed by atoms with E-state index in [4.69, 9.17) is 4.42 Å². The van der Waals surface area contributed by atoms with Gasteiger partial charge in [0.25, 0.3) is 5.56 Å². The van der Waals surface area contributed by atoms with Gasteiger partial charge in [-0.1, -0.05) is 0 Å². The standard InChI is InChI=1S/C10H6N2O2/c13-10-7-3-5-14-8(7)6-2-1-4-11-9(6)12-10/h1-5H,(H,11,12,13). The first kappa shape index (κ1) is 7.32. The predicted molar refractivity (Wildman–Crippen MR) is 52.1 cm³/mol. The van der Waals surface area contributed by atoms with Crippen molar-refractivity contribution in [3.05, 3.63) is 41.0 Å². The summed E-state index contributed by atoms with van der Waals surface area (Å²) in [5.41, 5.74) is 0.983. The molecule has 0 aromatic carbocycles. The van der Waals surface area contributed by atoms with Gasteiger partial charge in [0.05, 0.1) is 17.0 Å². The van der Waals surface area contributed by atoms with Crippen LogP contribution in [0.15, 0.2) is 39.9 Å². The molecule has 0 aliphatic heterocycles. The second-order valence-corrected chi connectivity index (χ2v) is 3.02. The molecule has 0 spiro atoms. The van der Waals surface area contributed by atoms with Gasteiger partial charge >= 0.3 is 0 Å². The molecule has 0 saturated heterocycles. The van der Waals surface area contributed by atoms with E-state index < -0.39 is 0 Å². The third kappa shape index (κ3) is 0.821. The summed E-state index contributed by atoms with van der Waals surface area (Å²) in [6.07, 6.45) is 3.14. The molecule has 4 nitrogen and oxygen atoms in total. The van der Waals surface area contributed by atoms with Crippen LogP contribution >= 0.6 is 0 Å². The Labute approximate surface area is 78.2 Å². The average Bonchev–Trinajstić information content (AvgIpc) is 2.67. The van der Waals surface area contributed by atoms with Crippen molar-refractivity contribution in [3.63, 3.8) is 0 Å². The topological polar surface area (TPSA) is 58.9 Å². The molecule has 4 heteroatoms. The number of furan rings is 1. The third-order valence-electron chi connectivity index (χ3n) is 2.19. The molecular formula is C10H6N2O2. The van der Waals surface area contributed by atoms with E-state index in [1.54, 1.807) is 12.3 Å². The number of pyridine rings is 2. The Morgan fingerprint density at radius 2 is 2.21 bits per heavy atom. The highest BCUT2D eigenvalue weighted by atomic mass is 16.3. The summed E-state index contributed by atoms with van der Waals surface area (Å²) >= 11 is 0. The molecule has 0 atom stereocenters. The lowest BCUT2D eigenvalue weighted by Crippen LogP contribution is -2.05. The van der Waals surface area contributed by atoms with Crippen LogP contribution < -0.4 is 5.56 Å². The fourth-order valence-corrected chi connectivity index (χ4v) is 1.56. The molecule has 0 fully saturated rings. The Hall–Kier alpha value is -2.10. The van der Waals surface area contributed by atoms with Crippen molar-refractivity contribution >= 4 is 22.0 Å². The number of nitrogens with one attached hydrogen (secondary N) is 1. The first-order valence-electron chi connectivity index (χ1n) is 4.20. The Morgan fingerprint density at radius 3 is 3.14 bits per heavy atom. The van der Waals surface area contributed by atoms with Gasteiger partial charge in [0.15, 0.2) is 0 Å². The van der Waals surface area contributed by atoms with Crippen molar-refractivity contribution in [3.8, 4) is 0 Å². The maximum absolute atomic E-state index is 11.5. The molecule has 3 aromatic heterocycles. The van der Waals surface area contributed by atoms with Gasteiger partial charge in [-0.2, -0.15) is 0 Å². The Bertz CT molecular complexity index is 666. The van der Waals surface area contributed by atoms with Crippen LogP contribution in [0.2, 0.25) is 0 Å². The number of rotatable bonds is 0. The SMILES string of the molecule is O=c1[nH]c2ncccc2c2occc12. The molecule has 3 aromatic rings. The fourth-order valence-electron chi connectivity index (χ4n) is 1.56. The average molecular weight is 186 g/mol. The quantitative estimate of drug-likeness (QED) is 0.581. The molecule has 0 radical (unpaired) electrons.